The number of fused-ring (bicyclic) bond motifs is 6. The average molecular weight is 545 g/mol. The summed E-state index contributed by atoms with van der Waals surface area (Å²) < 4.78 is 4.65. The summed E-state index contributed by atoms with van der Waals surface area (Å²) in [5.41, 5.74) is 9.02. The molecule has 196 valence electrons. The van der Waals surface area contributed by atoms with E-state index in [1.807, 2.05) is 24.5 Å². The van der Waals surface area contributed by atoms with Gasteiger partial charge in [-0.05, 0) is 60.7 Å². The Morgan fingerprint density at radius 3 is 1.34 bits per heavy atom. The lowest BCUT2D eigenvalue weighted by molar-refractivity contribution is 1.18. The molecule has 0 saturated heterocycles. The van der Waals surface area contributed by atoms with E-state index in [2.05, 4.69) is 131 Å². The third-order valence-corrected chi connectivity index (χ3v) is 12.0. The first-order chi connectivity index (χ1) is 20.1. The highest BCUT2D eigenvalue weighted by Crippen LogP contribution is 2.32. The summed E-state index contributed by atoms with van der Waals surface area (Å²) in [6.07, 6.45) is 3.80. The SMILES string of the molecule is C[Si](C)(c1ccc2c(c1)c1ncccc1n2-c1ccccc1)c1ccc2c(c1)c1ncccc1n2-c1ccccc1. The van der Waals surface area contributed by atoms with E-state index in [-0.39, 0.29) is 0 Å². The fourth-order valence-electron chi connectivity index (χ4n) is 6.33. The van der Waals surface area contributed by atoms with Gasteiger partial charge in [-0.25, -0.2) is 0 Å². The number of hydrogen-bond acceptors (Lipinski definition) is 2. The first-order valence-corrected chi connectivity index (χ1v) is 17.0. The van der Waals surface area contributed by atoms with E-state index in [0.717, 1.165) is 33.4 Å². The molecule has 0 atom stereocenters. The van der Waals surface area contributed by atoms with Crippen LogP contribution in [0.15, 0.2) is 134 Å². The summed E-state index contributed by atoms with van der Waals surface area (Å²) in [6, 6.07) is 43.5. The molecular weight excluding hydrogens is 517 g/mol. The second-order valence-corrected chi connectivity index (χ2v) is 15.6. The molecule has 0 spiro atoms. The van der Waals surface area contributed by atoms with Crippen molar-refractivity contribution in [1.82, 2.24) is 19.1 Å². The second-order valence-electron chi connectivity index (χ2n) is 11.2. The molecule has 0 fully saturated rings. The van der Waals surface area contributed by atoms with Crippen LogP contribution in [0.5, 0.6) is 0 Å². The van der Waals surface area contributed by atoms with E-state index in [9.17, 15) is 0 Å². The van der Waals surface area contributed by atoms with Crippen LogP contribution in [0.25, 0.3) is 55.2 Å². The molecule has 5 heteroatoms. The Hall–Kier alpha value is -5.00. The molecule has 0 saturated carbocycles. The number of rotatable bonds is 4. The van der Waals surface area contributed by atoms with Gasteiger partial charge >= 0.3 is 0 Å². The van der Waals surface area contributed by atoms with Crippen molar-refractivity contribution in [1.29, 1.82) is 0 Å². The van der Waals surface area contributed by atoms with E-state index in [1.165, 1.54) is 32.2 Å². The van der Waals surface area contributed by atoms with E-state index in [1.54, 1.807) is 0 Å². The lowest BCUT2D eigenvalue weighted by atomic mass is 10.2. The van der Waals surface area contributed by atoms with Crippen LogP contribution in [0.3, 0.4) is 0 Å². The van der Waals surface area contributed by atoms with Crippen molar-refractivity contribution in [2.45, 2.75) is 13.1 Å². The highest BCUT2D eigenvalue weighted by Gasteiger charge is 2.28. The van der Waals surface area contributed by atoms with Crippen LogP contribution in [0.4, 0.5) is 0 Å². The fraction of sp³-hybridized carbons (Fsp3) is 0.0556. The topological polar surface area (TPSA) is 35.6 Å². The van der Waals surface area contributed by atoms with Crippen molar-refractivity contribution in [3.8, 4) is 11.4 Å². The van der Waals surface area contributed by atoms with Gasteiger partial charge in [0, 0.05) is 34.5 Å². The molecule has 0 amide bonds. The smallest absolute Gasteiger partial charge is 0.112 e. The fourth-order valence-corrected chi connectivity index (χ4v) is 8.67. The maximum Gasteiger partial charge on any atom is 0.112 e. The Bertz CT molecular complexity index is 2070. The third-order valence-electron chi connectivity index (χ3n) is 8.51. The van der Waals surface area contributed by atoms with Crippen LogP contribution in [0, 0.1) is 0 Å². The van der Waals surface area contributed by atoms with Gasteiger partial charge in [0.25, 0.3) is 0 Å². The molecule has 0 aliphatic heterocycles. The van der Waals surface area contributed by atoms with Gasteiger partial charge in [-0.2, -0.15) is 0 Å². The Kier molecular flexibility index (Phi) is 5.24. The molecule has 0 unspecified atom stereocenters. The van der Waals surface area contributed by atoms with Crippen LogP contribution in [-0.2, 0) is 0 Å². The zero-order chi connectivity index (χ0) is 27.6. The van der Waals surface area contributed by atoms with Crippen molar-refractivity contribution in [2.24, 2.45) is 0 Å². The van der Waals surface area contributed by atoms with Gasteiger partial charge < -0.3 is 9.13 Å². The van der Waals surface area contributed by atoms with Crippen LogP contribution in [-0.4, -0.2) is 27.2 Å². The van der Waals surface area contributed by atoms with Crippen molar-refractivity contribution in [2.75, 3.05) is 0 Å². The standard InChI is InChI=1S/C36H28N4Si/c1-41(2,27-17-19-31-29(23-27)35-33(15-9-21-37-35)39(31)25-11-5-3-6-12-25)28-18-20-32-30(24-28)36-34(16-10-22-38-36)40(32)26-13-7-4-8-14-26/h3-24H,1-2H3. The third kappa shape index (κ3) is 3.59. The van der Waals surface area contributed by atoms with E-state index in [4.69, 9.17) is 9.97 Å². The molecule has 4 heterocycles. The minimum Gasteiger partial charge on any atom is -0.308 e. The van der Waals surface area contributed by atoms with Crippen LogP contribution < -0.4 is 10.4 Å². The van der Waals surface area contributed by atoms with E-state index < -0.39 is 8.07 Å². The zero-order valence-electron chi connectivity index (χ0n) is 23.0. The Labute approximate surface area is 239 Å². The second kappa shape index (κ2) is 9.01. The van der Waals surface area contributed by atoms with Crippen LogP contribution >= 0.6 is 0 Å². The van der Waals surface area contributed by atoms with Gasteiger partial charge in [0.05, 0.1) is 33.1 Å². The molecule has 0 radical (unpaired) electrons. The highest BCUT2D eigenvalue weighted by molar-refractivity contribution is 7.00. The number of pyridine rings is 2. The van der Waals surface area contributed by atoms with Gasteiger partial charge in [-0.15, -0.1) is 0 Å². The number of aromatic nitrogens is 4. The largest absolute Gasteiger partial charge is 0.308 e. The summed E-state index contributed by atoms with van der Waals surface area (Å²) in [5, 5.41) is 5.18. The van der Waals surface area contributed by atoms with Crippen molar-refractivity contribution < 1.29 is 0 Å². The molecule has 0 N–H and O–H groups in total. The monoisotopic (exact) mass is 544 g/mol. The molecular formula is C36H28N4Si. The first kappa shape index (κ1) is 23.8. The Balaban J connectivity index is 1.32. The Morgan fingerprint density at radius 2 is 0.902 bits per heavy atom. The summed E-state index contributed by atoms with van der Waals surface area (Å²) in [5.74, 6) is 0. The Morgan fingerprint density at radius 1 is 0.463 bits per heavy atom. The van der Waals surface area contributed by atoms with Crippen LogP contribution in [0.2, 0.25) is 13.1 Å². The van der Waals surface area contributed by atoms with Crippen molar-refractivity contribution in [3.63, 3.8) is 0 Å². The molecule has 0 aliphatic rings. The zero-order valence-corrected chi connectivity index (χ0v) is 24.0. The molecule has 8 rings (SSSR count). The minimum absolute atomic E-state index is 1.04. The normalized spacial score (nSPS) is 12.1. The average Bonchev–Trinajstić information content (AvgIpc) is 3.54. The summed E-state index contributed by atoms with van der Waals surface area (Å²) in [4.78, 5) is 9.68. The van der Waals surface area contributed by atoms with Gasteiger partial charge in [0.15, 0.2) is 0 Å². The van der Waals surface area contributed by atoms with Gasteiger partial charge in [-0.1, -0.05) is 84.1 Å². The summed E-state index contributed by atoms with van der Waals surface area (Å²) >= 11 is 0. The number of benzene rings is 4. The van der Waals surface area contributed by atoms with E-state index >= 15 is 0 Å². The number of para-hydroxylation sites is 2. The van der Waals surface area contributed by atoms with Crippen LogP contribution in [0.1, 0.15) is 0 Å². The molecule has 0 aliphatic carbocycles. The number of nitrogens with zero attached hydrogens (tertiary/aromatic N) is 4. The predicted octanol–water partition coefficient (Wildman–Crippen LogP) is 7.49. The maximum absolute atomic E-state index is 4.84. The summed E-state index contributed by atoms with van der Waals surface area (Å²) in [6.45, 7) is 4.89. The van der Waals surface area contributed by atoms with E-state index in [0.29, 0.717) is 0 Å². The van der Waals surface area contributed by atoms with Gasteiger partial charge in [0.1, 0.15) is 8.07 Å². The maximum atomic E-state index is 4.84. The van der Waals surface area contributed by atoms with Gasteiger partial charge in [0.2, 0.25) is 0 Å². The molecule has 4 nitrogen and oxygen atoms in total. The molecule has 41 heavy (non-hydrogen) atoms. The minimum atomic E-state index is -2.08. The predicted molar refractivity (Wildman–Crippen MR) is 174 cm³/mol. The number of hydrogen-bond donors (Lipinski definition) is 0. The quantitative estimate of drug-likeness (QED) is 0.215. The van der Waals surface area contributed by atoms with Crippen molar-refractivity contribution >= 4 is 62.3 Å². The molecule has 4 aromatic heterocycles. The van der Waals surface area contributed by atoms with Gasteiger partial charge in [-0.3, -0.25) is 9.97 Å². The molecule has 0 bridgehead atoms. The van der Waals surface area contributed by atoms with Crippen molar-refractivity contribution in [3.05, 3.63) is 134 Å². The molecule has 4 aromatic carbocycles. The summed E-state index contributed by atoms with van der Waals surface area (Å²) in [7, 11) is -2.08. The lowest BCUT2D eigenvalue weighted by Crippen LogP contribution is -2.52. The first-order valence-electron chi connectivity index (χ1n) is 14.0. The lowest BCUT2D eigenvalue weighted by Gasteiger charge is -2.24. The molecule has 8 aromatic rings. The highest BCUT2D eigenvalue weighted by atomic mass is 28.3.